The van der Waals surface area contributed by atoms with Crippen molar-refractivity contribution in [2.75, 3.05) is 11.4 Å². The molecular formula is C12H11N3O3S. The molecule has 1 aliphatic rings. The molecule has 1 atom stereocenters. The molecule has 0 saturated heterocycles. The summed E-state index contributed by atoms with van der Waals surface area (Å²) < 4.78 is 0. The SMILES string of the molecule is N#CCN1C(=O)C(CC(=O)NO)Sc2ccccc21. The van der Waals surface area contributed by atoms with Crippen LogP contribution in [0.3, 0.4) is 0 Å². The first-order valence-electron chi connectivity index (χ1n) is 5.54. The lowest BCUT2D eigenvalue weighted by Crippen LogP contribution is -2.43. The van der Waals surface area contributed by atoms with Gasteiger partial charge in [-0.15, -0.1) is 11.8 Å². The first-order valence-corrected chi connectivity index (χ1v) is 6.42. The second-order valence-corrected chi connectivity index (χ2v) is 5.14. The maximum absolute atomic E-state index is 12.2. The lowest BCUT2D eigenvalue weighted by atomic mass is 10.2. The molecule has 0 aromatic heterocycles. The van der Waals surface area contributed by atoms with Gasteiger partial charge in [0.15, 0.2) is 0 Å². The van der Waals surface area contributed by atoms with E-state index in [9.17, 15) is 9.59 Å². The molecule has 1 heterocycles. The van der Waals surface area contributed by atoms with E-state index in [0.29, 0.717) is 5.69 Å². The molecule has 0 fully saturated rings. The second kappa shape index (κ2) is 5.73. The Morgan fingerprint density at radius 1 is 1.53 bits per heavy atom. The van der Waals surface area contributed by atoms with E-state index in [1.165, 1.54) is 22.1 Å². The highest BCUT2D eigenvalue weighted by Gasteiger charge is 2.34. The van der Waals surface area contributed by atoms with E-state index in [1.807, 2.05) is 18.2 Å². The third-order valence-electron chi connectivity index (χ3n) is 2.69. The molecule has 0 spiro atoms. The van der Waals surface area contributed by atoms with Gasteiger partial charge in [-0.2, -0.15) is 5.26 Å². The van der Waals surface area contributed by atoms with Gasteiger partial charge in [-0.3, -0.25) is 19.7 Å². The fourth-order valence-corrected chi connectivity index (χ4v) is 3.08. The summed E-state index contributed by atoms with van der Waals surface area (Å²) in [5.41, 5.74) is 2.20. The number of carbonyl (C=O) groups excluding carboxylic acids is 2. The summed E-state index contributed by atoms with van der Waals surface area (Å²) in [6, 6.07) is 9.16. The van der Waals surface area contributed by atoms with Crippen LogP contribution in [0.5, 0.6) is 0 Å². The van der Waals surface area contributed by atoms with Gasteiger partial charge in [0.1, 0.15) is 6.54 Å². The fourth-order valence-electron chi connectivity index (χ4n) is 1.85. The molecule has 0 radical (unpaired) electrons. The van der Waals surface area contributed by atoms with E-state index in [-0.39, 0.29) is 18.9 Å². The number of carbonyl (C=O) groups is 2. The van der Waals surface area contributed by atoms with Crippen molar-refractivity contribution in [3.05, 3.63) is 24.3 Å². The number of nitrogens with one attached hydrogen (secondary N) is 1. The standard InChI is InChI=1S/C12H11N3O3S/c13-5-6-15-8-3-1-2-4-9(8)19-10(12(15)17)7-11(16)14-18/h1-4,10,18H,6-7H2,(H,14,16). The Hall–Kier alpha value is -2.04. The summed E-state index contributed by atoms with van der Waals surface area (Å²) in [6.45, 7) is -0.0619. The predicted octanol–water partition coefficient (Wildman–Crippen LogP) is 0.913. The lowest BCUT2D eigenvalue weighted by Gasteiger charge is -2.31. The molecule has 0 aliphatic carbocycles. The van der Waals surface area contributed by atoms with Gasteiger partial charge in [-0.1, -0.05) is 12.1 Å². The van der Waals surface area contributed by atoms with Crippen molar-refractivity contribution in [1.82, 2.24) is 5.48 Å². The van der Waals surface area contributed by atoms with E-state index >= 15 is 0 Å². The Kier molecular flexibility index (Phi) is 4.04. The quantitative estimate of drug-likeness (QED) is 0.486. The summed E-state index contributed by atoms with van der Waals surface area (Å²) >= 11 is 1.27. The van der Waals surface area contributed by atoms with Crippen molar-refractivity contribution in [2.24, 2.45) is 0 Å². The number of nitriles is 1. The number of rotatable bonds is 3. The number of anilines is 1. The lowest BCUT2D eigenvalue weighted by molar-refractivity contribution is -0.131. The number of fused-ring (bicyclic) bond motifs is 1. The van der Waals surface area contributed by atoms with Crippen LogP contribution in [0.4, 0.5) is 5.69 Å². The Morgan fingerprint density at radius 2 is 2.26 bits per heavy atom. The zero-order chi connectivity index (χ0) is 13.8. The van der Waals surface area contributed by atoms with Gasteiger partial charge in [0, 0.05) is 11.3 Å². The maximum atomic E-state index is 12.2. The van der Waals surface area contributed by atoms with Crippen molar-refractivity contribution in [1.29, 1.82) is 5.26 Å². The van der Waals surface area contributed by atoms with Crippen LogP contribution in [0, 0.1) is 11.3 Å². The Labute approximate surface area is 114 Å². The number of amides is 2. The van der Waals surface area contributed by atoms with Crippen LogP contribution < -0.4 is 10.4 Å². The minimum atomic E-state index is -0.629. The van der Waals surface area contributed by atoms with E-state index in [2.05, 4.69) is 0 Å². The Bertz CT molecular complexity index is 555. The monoisotopic (exact) mass is 277 g/mol. The van der Waals surface area contributed by atoms with Crippen LogP contribution in [0.2, 0.25) is 0 Å². The molecule has 98 valence electrons. The third-order valence-corrected chi connectivity index (χ3v) is 3.94. The number of hydroxylamine groups is 1. The number of hydrogen-bond acceptors (Lipinski definition) is 5. The molecule has 1 aromatic carbocycles. The summed E-state index contributed by atoms with van der Waals surface area (Å²) in [5, 5.41) is 16.7. The van der Waals surface area contributed by atoms with Crippen LogP contribution >= 0.6 is 11.8 Å². The normalized spacial score (nSPS) is 17.6. The highest BCUT2D eigenvalue weighted by Crippen LogP contribution is 2.39. The third kappa shape index (κ3) is 2.70. The summed E-state index contributed by atoms with van der Waals surface area (Å²) in [4.78, 5) is 25.6. The second-order valence-electron chi connectivity index (χ2n) is 3.90. The molecule has 2 amide bonds. The van der Waals surface area contributed by atoms with E-state index in [1.54, 1.807) is 12.1 Å². The number of thioether (sulfide) groups is 1. The molecule has 2 rings (SSSR count). The van der Waals surface area contributed by atoms with Crippen LogP contribution in [0.15, 0.2) is 29.2 Å². The van der Waals surface area contributed by atoms with Gasteiger partial charge in [-0.25, -0.2) is 5.48 Å². The van der Waals surface area contributed by atoms with Crippen LogP contribution in [-0.4, -0.2) is 28.8 Å². The average molecular weight is 277 g/mol. The molecule has 1 unspecified atom stereocenters. The number of nitrogens with zero attached hydrogens (tertiary/aromatic N) is 2. The van der Waals surface area contributed by atoms with E-state index in [4.69, 9.17) is 10.5 Å². The molecule has 0 saturated carbocycles. The molecule has 2 N–H and O–H groups in total. The van der Waals surface area contributed by atoms with Crippen molar-refractivity contribution in [2.45, 2.75) is 16.6 Å². The minimum Gasteiger partial charge on any atom is -0.296 e. The van der Waals surface area contributed by atoms with Gasteiger partial charge < -0.3 is 0 Å². The highest BCUT2D eigenvalue weighted by atomic mass is 32.2. The molecular weight excluding hydrogens is 266 g/mol. The van der Waals surface area contributed by atoms with Gasteiger partial charge in [0.2, 0.25) is 11.8 Å². The van der Waals surface area contributed by atoms with Gasteiger partial charge in [0.25, 0.3) is 0 Å². The Morgan fingerprint density at radius 3 is 2.95 bits per heavy atom. The topological polar surface area (TPSA) is 93.4 Å². The highest BCUT2D eigenvalue weighted by molar-refractivity contribution is 8.01. The largest absolute Gasteiger partial charge is 0.296 e. The van der Waals surface area contributed by atoms with Gasteiger partial charge in [0.05, 0.1) is 17.0 Å². The predicted molar refractivity (Wildman–Crippen MR) is 68.6 cm³/mol. The van der Waals surface area contributed by atoms with Gasteiger partial charge in [-0.05, 0) is 12.1 Å². The van der Waals surface area contributed by atoms with Crippen molar-refractivity contribution in [3.63, 3.8) is 0 Å². The molecule has 19 heavy (non-hydrogen) atoms. The van der Waals surface area contributed by atoms with Gasteiger partial charge >= 0.3 is 0 Å². The first kappa shape index (κ1) is 13.4. The molecule has 0 bridgehead atoms. The Balaban J connectivity index is 2.31. The zero-order valence-corrected chi connectivity index (χ0v) is 10.7. The summed E-state index contributed by atoms with van der Waals surface area (Å²) in [5.74, 6) is -0.920. The van der Waals surface area contributed by atoms with Crippen molar-refractivity contribution < 1.29 is 14.8 Å². The number of benzene rings is 1. The number of hydrogen-bond donors (Lipinski definition) is 2. The summed E-state index contributed by atoms with van der Waals surface area (Å²) in [7, 11) is 0. The van der Waals surface area contributed by atoms with E-state index < -0.39 is 11.2 Å². The zero-order valence-electron chi connectivity index (χ0n) is 9.87. The van der Waals surface area contributed by atoms with Crippen LogP contribution in [-0.2, 0) is 9.59 Å². The van der Waals surface area contributed by atoms with Crippen molar-refractivity contribution in [3.8, 4) is 6.07 Å². The number of para-hydroxylation sites is 1. The van der Waals surface area contributed by atoms with Crippen LogP contribution in [0.25, 0.3) is 0 Å². The molecule has 1 aliphatic heterocycles. The molecule has 1 aromatic rings. The first-order chi connectivity index (χ1) is 9.17. The average Bonchev–Trinajstić information content (AvgIpc) is 2.43. The van der Waals surface area contributed by atoms with E-state index in [0.717, 1.165) is 4.90 Å². The smallest absolute Gasteiger partial charge is 0.244 e. The summed E-state index contributed by atoms with van der Waals surface area (Å²) in [6.07, 6.45) is -0.129. The molecule has 7 heteroatoms. The fraction of sp³-hybridized carbons (Fsp3) is 0.250. The minimum absolute atomic E-state index is 0.0619. The van der Waals surface area contributed by atoms with Crippen LogP contribution in [0.1, 0.15) is 6.42 Å². The molecule has 6 nitrogen and oxygen atoms in total. The maximum Gasteiger partial charge on any atom is 0.244 e. The van der Waals surface area contributed by atoms with Crippen molar-refractivity contribution >= 4 is 29.3 Å².